The first kappa shape index (κ1) is 13.6. The number of fused-ring (bicyclic) bond motifs is 1. The summed E-state index contributed by atoms with van der Waals surface area (Å²) in [6.45, 7) is 0.567. The van der Waals surface area contributed by atoms with Crippen LogP contribution < -0.4 is 16.2 Å². The molecule has 8 heteroatoms. The molecule has 0 aliphatic carbocycles. The zero-order valence-electron chi connectivity index (χ0n) is 10.9. The number of nitrogens with zero attached hydrogens (tertiary/aromatic N) is 3. The van der Waals surface area contributed by atoms with Crippen LogP contribution in [-0.2, 0) is 12.6 Å². The number of rotatable bonds is 2. The van der Waals surface area contributed by atoms with Crippen LogP contribution in [0.3, 0.4) is 0 Å². The molecule has 2 heterocycles. The highest BCUT2D eigenvalue weighted by Gasteiger charge is 2.36. The van der Waals surface area contributed by atoms with Gasteiger partial charge in [0.05, 0.1) is 0 Å². The molecule has 0 spiro atoms. The van der Waals surface area contributed by atoms with Crippen molar-refractivity contribution in [2.24, 2.45) is 5.84 Å². The quantitative estimate of drug-likeness (QED) is 0.658. The molecule has 1 aromatic carbocycles. The summed E-state index contributed by atoms with van der Waals surface area (Å²) < 4.78 is 38.6. The molecule has 1 aliphatic heterocycles. The fourth-order valence-corrected chi connectivity index (χ4v) is 2.35. The topological polar surface area (TPSA) is 67.1 Å². The Bertz CT molecular complexity index is 671. The van der Waals surface area contributed by atoms with E-state index in [0.717, 1.165) is 17.7 Å². The Morgan fingerprint density at radius 1 is 1.19 bits per heavy atom. The summed E-state index contributed by atoms with van der Waals surface area (Å²) in [5.74, 6) is 4.09. The predicted octanol–water partition coefficient (Wildman–Crippen LogP) is 2.48. The molecule has 1 aromatic heterocycles. The van der Waals surface area contributed by atoms with Crippen LogP contribution in [0.25, 0.3) is 0 Å². The molecule has 5 nitrogen and oxygen atoms in total. The van der Waals surface area contributed by atoms with E-state index in [-0.39, 0.29) is 11.6 Å². The van der Waals surface area contributed by atoms with Gasteiger partial charge in [0.15, 0.2) is 0 Å². The van der Waals surface area contributed by atoms with Gasteiger partial charge in [-0.15, -0.1) is 0 Å². The number of nitrogens with two attached hydrogens (primary N) is 1. The second kappa shape index (κ2) is 4.88. The fourth-order valence-electron chi connectivity index (χ4n) is 2.35. The van der Waals surface area contributed by atoms with E-state index < -0.39 is 12.0 Å². The van der Waals surface area contributed by atoms with Gasteiger partial charge in [-0.25, -0.2) is 15.8 Å². The number of hydrogen-bond donors (Lipinski definition) is 2. The third-order valence-electron chi connectivity index (χ3n) is 3.28. The Balaban J connectivity index is 2.07. The van der Waals surface area contributed by atoms with E-state index in [1.807, 2.05) is 24.3 Å². The largest absolute Gasteiger partial charge is 0.451 e. The zero-order chi connectivity index (χ0) is 15.0. The van der Waals surface area contributed by atoms with E-state index in [1.54, 1.807) is 4.90 Å². The van der Waals surface area contributed by atoms with Crippen molar-refractivity contribution in [2.45, 2.75) is 12.6 Å². The highest BCUT2D eigenvalue weighted by molar-refractivity contribution is 5.68. The summed E-state index contributed by atoms with van der Waals surface area (Å²) in [7, 11) is 0. The highest BCUT2D eigenvalue weighted by atomic mass is 19.4. The Kier molecular flexibility index (Phi) is 3.17. The summed E-state index contributed by atoms with van der Waals surface area (Å²) >= 11 is 0. The third kappa shape index (κ3) is 2.49. The Labute approximate surface area is 118 Å². The SMILES string of the molecule is NNc1cc(N2CCc3ccccc32)nc(C(F)(F)F)n1. The van der Waals surface area contributed by atoms with Crippen molar-refractivity contribution in [3.05, 3.63) is 41.7 Å². The van der Waals surface area contributed by atoms with Gasteiger partial charge in [-0.2, -0.15) is 13.2 Å². The monoisotopic (exact) mass is 295 g/mol. The summed E-state index contributed by atoms with van der Waals surface area (Å²) in [5.41, 5.74) is 4.08. The minimum Gasteiger partial charge on any atom is -0.326 e. The Morgan fingerprint density at radius 2 is 1.95 bits per heavy atom. The van der Waals surface area contributed by atoms with Crippen molar-refractivity contribution >= 4 is 17.3 Å². The molecular formula is C13H12F3N5. The van der Waals surface area contributed by atoms with Crippen molar-refractivity contribution in [1.29, 1.82) is 0 Å². The summed E-state index contributed by atoms with van der Waals surface area (Å²) in [4.78, 5) is 8.71. The number of halogens is 3. The van der Waals surface area contributed by atoms with E-state index in [1.165, 1.54) is 6.07 Å². The van der Waals surface area contributed by atoms with E-state index in [2.05, 4.69) is 15.4 Å². The number of anilines is 3. The molecule has 0 fully saturated rings. The molecule has 21 heavy (non-hydrogen) atoms. The average Bonchev–Trinajstić information content (AvgIpc) is 2.89. The second-order valence-electron chi connectivity index (χ2n) is 4.61. The van der Waals surface area contributed by atoms with Gasteiger partial charge < -0.3 is 10.3 Å². The molecule has 1 aliphatic rings. The number of para-hydroxylation sites is 1. The lowest BCUT2D eigenvalue weighted by Crippen LogP contribution is -2.21. The minimum absolute atomic E-state index is 0.0725. The highest BCUT2D eigenvalue weighted by Crippen LogP contribution is 2.35. The number of hydrogen-bond acceptors (Lipinski definition) is 5. The normalized spacial score (nSPS) is 14.2. The number of hydrazine groups is 1. The van der Waals surface area contributed by atoms with E-state index in [0.29, 0.717) is 6.54 Å². The average molecular weight is 295 g/mol. The molecular weight excluding hydrogens is 283 g/mol. The number of alkyl halides is 3. The molecule has 0 saturated carbocycles. The molecule has 3 N–H and O–H groups in total. The molecule has 0 unspecified atom stereocenters. The first-order chi connectivity index (χ1) is 9.99. The lowest BCUT2D eigenvalue weighted by Gasteiger charge is -2.20. The van der Waals surface area contributed by atoms with Crippen molar-refractivity contribution in [2.75, 3.05) is 16.9 Å². The van der Waals surface area contributed by atoms with Gasteiger partial charge >= 0.3 is 6.18 Å². The van der Waals surface area contributed by atoms with Gasteiger partial charge in [0.1, 0.15) is 11.6 Å². The van der Waals surface area contributed by atoms with Gasteiger partial charge in [-0.05, 0) is 18.1 Å². The summed E-state index contributed by atoms with van der Waals surface area (Å²) in [5, 5.41) is 0. The van der Waals surface area contributed by atoms with Crippen LogP contribution in [0.4, 0.5) is 30.5 Å². The molecule has 110 valence electrons. The maximum Gasteiger partial charge on any atom is 0.451 e. The molecule has 0 radical (unpaired) electrons. The van der Waals surface area contributed by atoms with Crippen LogP contribution in [-0.4, -0.2) is 16.5 Å². The van der Waals surface area contributed by atoms with Gasteiger partial charge in [0.25, 0.3) is 0 Å². The van der Waals surface area contributed by atoms with Crippen LogP contribution in [0.1, 0.15) is 11.4 Å². The van der Waals surface area contributed by atoms with E-state index in [9.17, 15) is 13.2 Å². The van der Waals surface area contributed by atoms with Crippen molar-refractivity contribution in [3.8, 4) is 0 Å². The van der Waals surface area contributed by atoms with Gasteiger partial charge in [-0.3, -0.25) is 0 Å². The predicted molar refractivity (Wildman–Crippen MR) is 72.0 cm³/mol. The molecule has 0 saturated heterocycles. The van der Waals surface area contributed by atoms with Crippen LogP contribution in [0, 0.1) is 0 Å². The number of nitrogens with one attached hydrogen (secondary N) is 1. The minimum atomic E-state index is -4.62. The number of nitrogen functional groups attached to an aromatic ring is 1. The van der Waals surface area contributed by atoms with Crippen LogP contribution in [0.15, 0.2) is 30.3 Å². The molecule has 0 amide bonds. The van der Waals surface area contributed by atoms with Crippen molar-refractivity contribution in [3.63, 3.8) is 0 Å². The van der Waals surface area contributed by atoms with Gasteiger partial charge in [-0.1, -0.05) is 18.2 Å². The Morgan fingerprint density at radius 3 is 2.67 bits per heavy atom. The summed E-state index contributed by atoms with van der Waals surface area (Å²) in [6, 6.07) is 8.94. The zero-order valence-corrected chi connectivity index (χ0v) is 10.9. The fraction of sp³-hybridized carbons (Fsp3) is 0.231. The molecule has 3 rings (SSSR count). The lowest BCUT2D eigenvalue weighted by atomic mass is 10.2. The van der Waals surface area contributed by atoms with Crippen molar-refractivity contribution < 1.29 is 13.2 Å². The first-order valence-corrected chi connectivity index (χ1v) is 6.27. The van der Waals surface area contributed by atoms with Crippen LogP contribution in [0.5, 0.6) is 0 Å². The number of aromatic nitrogens is 2. The van der Waals surface area contributed by atoms with Crippen LogP contribution >= 0.6 is 0 Å². The second-order valence-corrected chi connectivity index (χ2v) is 4.61. The summed E-state index contributed by atoms with van der Waals surface area (Å²) in [6.07, 6.45) is -3.87. The van der Waals surface area contributed by atoms with E-state index in [4.69, 9.17) is 5.84 Å². The molecule has 2 aromatic rings. The van der Waals surface area contributed by atoms with Gasteiger partial charge in [0.2, 0.25) is 5.82 Å². The van der Waals surface area contributed by atoms with E-state index >= 15 is 0 Å². The standard InChI is InChI=1S/C13H12F3N5/c14-13(15,16)12-18-10(20-17)7-11(19-12)21-6-5-8-3-1-2-4-9(8)21/h1-4,7H,5-6,17H2,(H,18,19,20). The smallest absolute Gasteiger partial charge is 0.326 e. The first-order valence-electron chi connectivity index (χ1n) is 6.27. The Hall–Kier alpha value is -2.35. The third-order valence-corrected chi connectivity index (χ3v) is 3.28. The molecule has 0 bridgehead atoms. The van der Waals surface area contributed by atoms with Gasteiger partial charge in [0, 0.05) is 18.3 Å². The maximum absolute atomic E-state index is 12.9. The maximum atomic E-state index is 12.9. The molecule has 0 atom stereocenters. The lowest BCUT2D eigenvalue weighted by molar-refractivity contribution is -0.144. The van der Waals surface area contributed by atoms with Crippen molar-refractivity contribution in [1.82, 2.24) is 9.97 Å². The van der Waals surface area contributed by atoms with Crippen LogP contribution in [0.2, 0.25) is 0 Å². The number of benzene rings is 1.